The van der Waals surface area contributed by atoms with Crippen molar-refractivity contribution < 1.29 is 9.52 Å². The first-order valence-electron chi connectivity index (χ1n) is 11.4. The lowest BCUT2D eigenvalue weighted by molar-refractivity contribution is -0.179. The van der Waals surface area contributed by atoms with Crippen LogP contribution in [0.25, 0.3) is 0 Å². The van der Waals surface area contributed by atoms with Gasteiger partial charge in [-0.2, -0.15) is 0 Å². The maximum absolute atomic E-state index is 10.2. The van der Waals surface area contributed by atoms with Crippen molar-refractivity contribution in [2.24, 2.45) is 39.9 Å². The lowest BCUT2D eigenvalue weighted by Gasteiger charge is -2.66. The molecule has 1 N–H and O–H groups in total. The fraction of sp³-hybridized carbons (Fsp3) is 0.840. The summed E-state index contributed by atoms with van der Waals surface area (Å²) in [6, 6.07) is 2.11. The van der Waals surface area contributed by atoms with Crippen LogP contribution < -0.4 is 0 Å². The maximum Gasteiger partial charge on any atom is 0.0934 e. The van der Waals surface area contributed by atoms with Gasteiger partial charge in [0.2, 0.25) is 0 Å². The third kappa shape index (κ3) is 3.11. The minimum Gasteiger partial charge on any atom is -0.472 e. The normalized spacial score (nSPS) is 43.7. The van der Waals surface area contributed by atoms with Crippen molar-refractivity contribution in [3.8, 4) is 0 Å². The van der Waals surface area contributed by atoms with Crippen molar-refractivity contribution in [1.29, 1.82) is 0 Å². The molecule has 3 fully saturated rings. The lowest BCUT2D eigenvalue weighted by Crippen LogP contribution is -2.59. The van der Waals surface area contributed by atoms with Gasteiger partial charge >= 0.3 is 0 Å². The van der Waals surface area contributed by atoms with Gasteiger partial charge in [0.25, 0.3) is 0 Å². The predicted octanol–water partition coefficient (Wildman–Crippen LogP) is 6.48. The van der Waals surface area contributed by atoms with Crippen molar-refractivity contribution in [3.63, 3.8) is 0 Å². The summed E-state index contributed by atoms with van der Waals surface area (Å²) in [5.41, 5.74) is 2.68. The van der Waals surface area contributed by atoms with Crippen molar-refractivity contribution in [1.82, 2.24) is 0 Å². The van der Waals surface area contributed by atoms with Gasteiger partial charge < -0.3 is 9.52 Å². The number of aryl methyl sites for hydroxylation is 1. The molecular formula is C25H40O2. The van der Waals surface area contributed by atoms with Crippen molar-refractivity contribution in [3.05, 3.63) is 24.2 Å². The Hall–Kier alpha value is -0.760. The molecule has 1 aromatic rings. The van der Waals surface area contributed by atoms with Gasteiger partial charge in [-0.3, -0.25) is 0 Å². The topological polar surface area (TPSA) is 33.4 Å². The summed E-state index contributed by atoms with van der Waals surface area (Å²) in [6.07, 6.45) is 15.5. The number of aliphatic hydroxyl groups is 1. The largest absolute Gasteiger partial charge is 0.472 e. The molecule has 1 heterocycles. The summed E-state index contributed by atoms with van der Waals surface area (Å²) in [5.74, 6) is 2.81. The summed E-state index contributed by atoms with van der Waals surface area (Å²) in [6.45, 7) is 10.7. The molecule has 152 valence electrons. The van der Waals surface area contributed by atoms with E-state index >= 15 is 0 Å². The molecule has 27 heavy (non-hydrogen) atoms. The molecule has 0 spiro atoms. The molecule has 3 saturated carbocycles. The summed E-state index contributed by atoms with van der Waals surface area (Å²) in [4.78, 5) is 0. The third-order valence-electron chi connectivity index (χ3n) is 9.64. The zero-order valence-corrected chi connectivity index (χ0v) is 18.0. The molecule has 0 amide bonds. The highest BCUT2D eigenvalue weighted by Crippen LogP contribution is 2.69. The average molecular weight is 373 g/mol. The number of furan rings is 1. The van der Waals surface area contributed by atoms with Crippen molar-refractivity contribution >= 4 is 0 Å². The smallest absolute Gasteiger partial charge is 0.0934 e. The minimum atomic E-state index is 0.365. The lowest BCUT2D eigenvalue weighted by atomic mass is 9.38. The molecular weight excluding hydrogens is 332 g/mol. The monoisotopic (exact) mass is 372 g/mol. The first-order valence-corrected chi connectivity index (χ1v) is 11.4. The quantitative estimate of drug-likeness (QED) is 0.656. The first kappa shape index (κ1) is 19.6. The first-order chi connectivity index (χ1) is 12.8. The summed E-state index contributed by atoms with van der Waals surface area (Å²) >= 11 is 0. The van der Waals surface area contributed by atoms with E-state index in [1.165, 1.54) is 56.9 Å². The maximum atomic E-state index is 10.2. The molecule has 1 unspecified atom stereocenters. The van der Waals surface area contributed by atoms with E-state index in [2.05, 4.69) is 33.8 Å². The van der Waals surface area contributed by atoms with Crippen LogP contribution in [0, 0.1) is 39.9 Å². The fourth-order valence-corrected chi connectivity index (χ4v) is 8.45. The molecule has 0 aromatic carbocycles. The molecule has 0 aliphatic heterocycles. The Morgan fingerprint density at radius 3 is 2.52 bits per heavy atom. The molecule has 0 radical (unpaired) electrons. The highest BCUT2D eigenvalue weighted by molar-refractivity contribution is 5.12. The van der Waals surface area contributed by atoms with Crippen LogP contribution in [-0.4, -0.2) is 11.7 Å². The average Bonchev–Trinajstić information content (AvgIpc) is 3.12. The molecule has 2 heteroatoms. The van der Waals surface area contributed by atoms with Crippen molar-refractivity contribution in [2.45, 2.75) is 85.5 Å². The molecule has 6 atom stereocenters. The number of hydrogen-bond acceptors (Lipinski definition) is 2. The number of hydrogen-bond donors (Lipinski definition) is 1. The molecule has 2 nitrogen and oxygen atoms in total. The van der Waals surface area contributed by atoms with Gasteiger partial charge in [-0.25, -0.2) is 0 Å². The highest BCUT2D eigenvalue weighted by Gasteiger charge is 2.61. The number of rotatable bonds is 4. The van der Waals surface area contributed by atoms with Crippen molar-refractivity contribution in [2.75, 3.05) is 6.61 Å². The Bertz CT molecular complexity index is 633. The van der Waals surface area contributed by atoms with E-state index in [0.717, 1.165) is 18.3 Å². The molecule has 0 saturated heterocycles. The van der Waals surface area contributed by atoms with Crippen LogP contribution in [0.5, 0.6) is 0 Å². The molecule has 3 aliphatic rings. The van der Waals surface area contributed by atoms with Gasteiger partial charge in [-0.05, 0) is 103 Å². The van der Waals surface area contributed by atoms with Gasteiger partial charge in [0.1, 0.15) is 0 Å². The van der Waals surface area contributed by atoms with Gasteiger partial charge in [0.15, 0.2) is 0 Å². The summed E-state index contributed by atoms with van der Waals surface area (Å²) < 4.78 is 5.30. The van der Waals surface area contributed by atoms with E-state index in [9.17, 15) is 5.11 Å². The van der Waals surface area contributed by atoms with E-state index in [0.29, 0.717) is 34.7 Å². The van der Waals surface area contributed by atoms with Gasteiger partial charge in [-0.1, -0.05) is 34.1 Å². The van der Waals surface area contributed by atoms with E-state index in [1.807, 2.05) is 6.26 Å². The molecule has 3 aliphatic carbocycles. The fourth-order valence-electron chi connectivity index (χ4n) is 8.45. The van der Waals surface area contributed by atoms with Gasteiger partial charge in [-0.15, -0.1) is 0 Å². The Kier molecular flexibility index (Phi) is 5.02. The van der Waals surface area contributed by atoms with Crippen LogP contribution in [-0.2, 0) is 6.42 Å². The Morgan fingerprint density at radius 2 is 1.81 bits per heavy atom. The van der Waals surface area contributed by atoms with Crippen LogP contribution in [0.4, 0.5) is 0 Å². The molecule has 0 bridgehead atoms. The Balaban J connectivity index is 1.62. The zero-order valence-electron chi connectivity index (χ0n) is 18.0. The second-order valence-electron chi connectivity index (χ2n) is 11.3. The van der Waals surface area contributed by atoms with Crippen LogP contribution >= 0.6 is 0 Å². The number of fused-ring (bicyclic) bond motifs is 3. The van der Waals surface area contributed by atoms with Gasteiger partial charge in [0, 0.05) is 6.61 Å². The zero-order chi connectivity index (χ0) is 19.3. The molecule has 1 aromatic heterocycles. The van der Waals surface area contributed by atoms with Crippen LogP contribution in [0.3, 0.4) is 0 Å². The predicted molar refractivity (Wildman–Crippen MR) is 110 cm³/mol. The highest BCUT2D eigenvalue weighted by atomic mass is 16.3. The standard InChI is InChI=1S/C25H40O2/c1-23(2)12-5-13-25(4)21(23)10-14-24(3)20(8-6-18-11-15-27-17-18)19(16-26)7-9-22(24)25/h11,15,17,19-22,26H,5-10,12-14,16H2,1-4H3/t19?,20-,21-,22-,24+,25-/m0/s1. The second-order valence-corrected chi connectivity index (χ2v) is 11.3. The van der Waals surface area contributed by atoms with E-state index < -0.39 is 0 Å². The molecule has 4 rings (SSSR count). The Morgan fingerprint density at radius 1 is 1.00 bits per heavy atom. The number of aliphatic hydroxyl groups excluding tert-OH is 1. The van der Waals surface area contributed by atoms with E-state index in [-0.39, 0.29) is 0 Å². The van der Waals surface area contributed by atoms with E-state index in [1.54, 1.807) is 6.26 Å². The summed E-state index contributed by atoms with van der Waals surface area (Å²) in [7, 11) is 0. The summed E-state index contributed by atoms with van der Waals surface area (Å²) in [5, 5.41) is 10.2. The van der Waals surface area contributed by atoms with Crippen LogP contribution in [0.15, 0.2) is 23.0 Å². The van der Waals surface area contributed by atoms with Gasteiger partial charge in [0.05, 0.1) is 12.5 Å². The third-order valence-corrected chi connectivity index (χ3v) is 9.64. The second kappa shape index (κ2) is 6.94. The minimum absolute atomic E-state index is 0.365. The van der Waals surface area contributed by atoms with Crippen LogP contribution in [0.2, 0.25) is 0 Å². The van der Waals surface area contributed by atoms with E-state index in [4.69, 9.17) is 4.42 Å². The van der Waals surface area contributed by atoms with Crippen LogP contribution in [0.1, 0.15) is 84.6 Å². The Labute approximate surface area is 166 Å². The SMILES string of the molecule is CC1(C)CCC[C@]2(C)[C@H]3CCC(CO)[C@H](CCc4ccoc4)[C@@]3(C)CC[C@@H]12.